The minimum absolute atomic E-state index is 0.213. The lowest BCUT2D eigenvalue weighted by Gasteiger charge is -2.26. The van der Waals surface area contributed by atoms with Crippen molar-refractivity contribution in [2.24, 2.45) is 11.3 Å². The first kappa shape index (κ1) is 10.5. The molecule has 1 nitrogen and oxygen atoms in total. The first-order valence-corrected chi connectivity index (χ1v) is 5.86. The van der Waals surface area contributed by atoms with E-state index < -0.39 is 0 Å². The smallest absolute Gasteiger partial charge is 0.0393 e. The van der Waals surface area contributed by atoms with Crippen LogP contribution in [0.4, 0.5) is 0 Å². The molecule has 1 heteroatoms. The zero-order chi connectivity index (χ0) is 11.1. The van der Waals surface area contributed by atoms with Gasteiger partial charge in [0, 0.05) is 24.7 Å². The van der Waals surface area contributed by atoms with Gasteiger partial charge in [0.1, 0.15) is 0 Å². The second kappa shape index (κ2) is 3.55. The van der Waals surface area contributed by atoms with Gasteiger partial charge < -0.3 is 4.90 Å². The fourth-order valence-corrected chi connectivity index (χ4v) is 2.16. The van der Waals surface area contributed by atoms with Crippen molar-refractivity contribution in [1.82, 2.24) is 4.90 Å². The summed E-state index contributed by atoms with van der Waals surface area (Å²) in [6, 6.07) is 0. The van der Waals surface area contributed by atoms with E-state index in [0.29, 0.717) is 5.92 Å². The van der Waals surface area contributed by atoms with Crippen LogP contribution in [-0.4, -0.2) is 18.5 Å². The lowest BCUT2D eigenvalue weighted by molar-refractivity contribution is 0.381. The summed E-state index contributed by atoms with van der Waals surface area (Å²) >= 11 is 0. The minimum atomic E-state index is 0.213. The van der Waals surface area contributed by atoms with Crippen LogP contribution in [0.25, 0.3) is 0 Å². The van der Waals surface area contributed by atoms with Gasteiger partial charge >= 0.3 is 0 Å². The number of nitrogens with zero attached hydrogens (tertiary/aromatic N) is 1. The predicted octanol–water partition coefficient (Wildman–Crippen LogP) is 3.36. The SMILES string of the molecule is CC(C)C1(C)C=CC2=C(C=C1)N(C)CC2. The molecule has 1 aliphatic carbocycles. The molecule has 1 unspecified atom stereocenters. The number of rotatable bonds is 1. The van der Waals surface area contributed by atoms with Crippen LogP contribution in [0.1, 0.15) is 27.2 Å². The Balaban J connectivity index is 2.33. The Bertz CT molecular complexity index is 346. The van der Waals surface area contributed by atoms with Gasteiger partial charge in [-0.3, -0.25) is 0 Å². The van der Waals surface area contributed by atoms with Crippen LogP contribution in [-0.2, 0) is 0 Å². The average molecular weight is 203 g/mol. The fourth-order valence-electron chi connectivity index (χ4n) is 2.16. The third-order valence-electron chi connectivity index (χ3n) is 3.94. The molecular formula is C14H21N. The summed E-state index contributed by atoms with van der Waals surface area (Å²) in [6.45, 7) is 8.05. The van der Waals surface area contributed by atoms with Crippen LogP contribution in [0.2, 0.25) is 0 Å². The van der Waals surface area contributed by atoms with E-state index in [1.165, 1.54) is 17.7 Å². The minimum Gasteiger partial charge on any atom is -0.374 e. The van der Waals surface area contributed by atoms with E-state index in [9.17, 15) is 0 Å². The van der Waals surface area contributed by atoms with Gasteiger partial charge in [-0.05, 0) is 24.0 Å². The standard InChI is InChI=1S/C14H21N/c1-11(2)14(3)8-5-12-7-10-15(4)13(12)6-9-14/h5-6,8-9,11H,7,10H2,1-4H3. The van der Waals surface area contributed by atoms with Crippen LogP contribution in [0.3, 0.4) is 0 Å². The van der Waals surface area contributed by atoms with E-state index in [0.717, 1.165) is 6.54 Å². The summed E-state index contributed by atoms with van der Waals surface area (Å²) < 4.78 is 0. The molecule has 0 amide bonds. The van der Waals surface area contributed by atoms with Crippen molar-refractivity contribution in [3.8, 4) is 0 Å². The summed E-state index contributed by atoms with van der Waals surface area (Å²) in [7, 11) is 2.18. The summed E-state index contributed by atoms with van der Waals surface area (Å²) in [6.07, 6.45) is 10.6. The van der Waals surface area contributed by atoms with Gasteiger partial charge in [0.05, 0.1) is 0 Å². The molecule has 2 aliphatic rings. The van der Waals surface area contributed by atoms with Crippen molar-refractivity contribution in [3.63, 3.8) is 0 Å². The summed E-state index contributed by atoms with van der Waals surface area (Å²) in [5.74, 6) is 0.648. The second-order valence-corrected chi connectivity index (χ2v) is 5.27. The number of likely N-dealkylation sites (N-methyl/N-ethyl adjacent to an activating group) is 1. The van der Waals surface area contributed by atoms with Crippen molar-refractivity contribution in [2.45, 2.75) is 27.2 Å². The molecule has 1 aliphatic heterocycles. The molecule has 2 rings (SSSR count). The first-order chi connectivity index (χ1) is 7.03. The zero-order valence-electron chi connectivity index (χ0n) is 10.2. The molecule has 1 heterocycles. The van der Waals surface area contributed by atoms with Crippen LogP contribution < -0.4 is 0 Å². The molecule has 0 aromatic rings. The van der Waals surface area contributed by atoms with Crippen molar-refractivity contribution >= 4 is 0 Å². The molecule has 0 saturated heterocycles. The van der Waals surface area contributed by atoms with Gasteiger partial charge in [0.15, 0.2) is 0 Å². The molecule has 0 saturated carbocycles. The Kier molecular flexibility index (Phi) is 2.49. The summed E-state index contributed by atoms with van der Waals surface area (Å²) in [5.41, 5.74) is 3.12. The molecule has 0 radical (unpaired) electrons. The molecule has 0 spiro atoms. The van der Waals surface area contributed by atoms with E-state index in [1.807, 2.05) is 0 Å². The normalized spacial score (nSPS) is 30.1. The predicted molar refractivity (Wildman–Crippen MR) is 65.5 cm³/mol. The number of hydrogen-bond acceptors (Lipinski definition) is 1. The van der Waals surface area contributed by atoms with Gasteiger partial charge in [-0.25, -0.2) is 0 Å². The molecule has 1 atom stereocenters. The van der Waals surface area contributed by atoms with Crippen molar-refractivity contribution in [2.75, 3.05) is 13.6 Å². The highest BCUT2D eigenvalue weighted by Gasteiger charge is 2.26. The molecule has 15 heavy (non-hydrogen) atoms. The Hall–Kier alpha value is -0.980. The van der Waals surface area contributed by atoms with E-state index in [1.54, 1.807) is 0 Å². The molecule has 0 N–H and O–H groups in total. The summed E-state index contributed by atoms with van der Waals surface area (Å²) in [5, 5.41) is 0. The number of hydrogen-bond donors (Lipinski definition) is 0. The number of allylic oxidation sites excluding steroid dienone is 4. The Labute approximate surface area is 93.2 Å². The zero-order valence-corrected chi connectivity index (χ0v) is 10.2. The van der Waals surface area contributed by atoms with Gasteiger partial charge in [0.2, 0.25) is 0 Å². The maximum Gasteiger partial charge on any atom is 0.0393 e. The largest absolute Gasteiger partial charge is 0.374 e. The second-order valence-electron chi connectivity index (χ2n) is 5.27. The quantitative estimate of drug-likeness (QED) is 0.631. The lowest BCUT2D eigenvalue weighted by Crippen LogP contribution is -2.18. The molecule has 82 valence electrons. The summed E-state index contributed by atoms with van der Waals surface area (Å²) in [4.78, 5) is 2.35. The highest BCUT2D eigenvalue weighted by atomic mass is 15.1. The van der Waals surface area contributed by atoms with Crippen molar-refractivity contribution in [3.05, 3.63) is 35.6 Å². The highest BCUT2D eigenvalue weighted by molar-refractivity contribution is 5.40. The first-order valence-electron chi connectivity index (χ1n) is 5.86. The molecule has 0 aromatic heterocycles. The van der Waals surface area contributed by atoms with E-state index in [-0.39, 0.29) is 5.41 Å². The molecule has 0 bridgehead atoms. The van der Waals surface area contributed by atoms with Gasteiger partial charge in [-0.2, -0.15) is 0 Å². The fraction of sp³-hybridized carbons (Fsp3) is 0.571. The van der Waals surface area contributed by atoms with Gasteiger partial charge in [-0.15, -0.1) is 0 Å². The third-order valence-corrected chi connectivity index (χ3v) is 3.94. The van der Waals surface area contributed by atoms with Crippen LogP contribution in [0.5, 0.6) is 0 Å². The Morgan fingerprint density at radius 3 is 2.60 bits per heavy atom. The van der Waals surface area contributed by atoms with Crippen LogP contribution >= 0.6 is 0 Å². The van der Waals surface area contributed by atoms with Crippen LogP contribution in [0.15, 0.2) is 35.6 Å². The average Bonchev–Trinajstić information content (AvgIpc) is 2.42. The van der Waals surface area contributed by atoms with Crippen LogP contribution in [0, 0.1) is 11.3 Å². The van der Waals surface area contributed by atoms with E-state index >= 15 is 0 Å². The molecule has 0 fully saturated rings. The van der Waals surface area contributed by atoms with Crippen molar-refractivity contribution in [1.29, 1.82) is 0 Å². The Morgan fingerprint density at radius 2 is 1.93 bits per heavy atom. The molecular weight excluding hydrogens is 182 g/mol. The topological polar surface area (TPSA) is 3.24 Å². The molecule has 0 aromatic carbocycles. The van der Waals surface area contributed by atoms with E-state index in [2.05, 4.69) is 57.0 Å². The Morgan fingerprint density at radius 1 is 1.27 bits per heavy atom. The third kappa shape index (κ3) is 1.75. The van der Waals surface area contributed by atoms with Gasteiger partial charge in [-0.1, -0.05) is 39.0 Å². The van der Waals surface area contributed by atoms with E-state index in [4.69, 9.17) is 0 Å². The van der Waals surface area contributed by atoms with Crippen molar-refractivity contribution < 1.29 is 0 Å². The maximum absolute atomic E-state index is 2.37. The maximum atomic E-state index is 2.37. The highest BCUT2D eigenvalue weighted by Crippen LogP contribution is 2.36. The van der Waals surface area contributed by atoms with Gasteiger partial charge in [0.25, 0.3) is 0 Å². The monoisotopic (exact) mass is 203 g/mol. The lowest BCUT2D eigenvalue weighted by atomic mass is 9.79.